The summed E-state index contributed by atoms with van der Waals surface area (Å²) in [5.74, 6) is -0.0684. The van der Waals surface area contributed by atoms with Crippen molar-refractivity contribution in [3.05, 3.63) is 17.5 Å². The van der Waals surface area contributed by atoms with Crippen LogP contribution in [0.4, 0.5) is 13.2 Å². The molecule has 1 aliphatic rings. The zero-order valence-electron chi connectivity index (χ0n) is 12.3. The number of hydrogen-bond donors (Lipinski definition) is 1. The number of nitrogens with zero attached hydrogens (tertiary/aromatic N) is 5. The number of piperidine rings is 1. The number of alkyl halides is 3. The van der Waals surface area contributed by atoms with E-state index in [2.05, 4.69) is 30.2 Å². The Hall–Kier alpha value is -1.62. The van der Waals surface area contributed by atoms with E-state index in [-0.39, 0.29) is 11.6 Å². The highest BCUT2D eigenvalue weighted by atomic mass is 32.2. The monoisotopic (exact) mass is 348 g/mol. The van der Waals surface area contributed by atoms with Crippen molar-refractivity contribution in [2.45, 2.75) is 35.8 Å². The zero-order valence-corrected chi connectivity index (χ0v) is 13.1. The lowest BCUT2D eigenvalue weighted by Gasteiger charge is -2.21. The lowest BCUT2D eigenvalue weighted by molar-refractivity contribution is -0.146. The highest BCUT2D eigenvalue weighted by Crippen LogP contribution is 2.29. The van der Waals surface area contributed by atoms with E-state index in [1.165, 1.54) is 11.8 Å². The van der Waals surface area contributed by atoms with Crippen molar-refractivity contribution >= 4 is 11.8 Å². The molecule has 0 aliphatic carbocycles. The first kappa shape index (κ1) is 16.2. The minimum Gasteiger partial charge on any atom is -0.338 e. The maximum absolute atomic E-state index is 12.4. The second kappa shape index (κ2) is 6.48. The minimum atomic E-state index is -4.60. The molecule has 3 rings (SSSR count). The lowest BCUT2D eigenvalue weighted by Crippen LogP contribution is -2.29. The molecule has 2 aromatic heterocycles. The normalized spacial score (nSPS) is 19.2. The first-order chi connectivity index (χ1) is 10.9. The van der Waals surface area contributed by atoms with Crippen molar-refractivity contribution in [2.75, 3.05) is 13.1 Å². The Balaban J connectivity index is 1.64. The van der Waals surface area contributed by atoms with Crippen molar-refractivity contribution < 1.29 is 17.7 Å². The topological polar surface area (TPSA) is 81.7 Å². The lowest BCUT2D eigenvalue weighted by atomic mass is 9.99. The third-order valence-corrected chi connectivity index (χ3v) is 4.58. The van der Waals surface area contributed by atoms with Gasteiger partial charge in [-0.2, -0.15) is 18.2 Å². The Morgan fingerprint density at radius 2 is 2.22 bits per heavy atom. The van der Waals surface area contributed by atoms with Gasteiger partial charge in [0.1, 0.15) is 5.82 Å². The van der Waals surface area contributed by atoms with Crippen molar-refractivity contribution in [3.63, 3.8) is 0 Å². The van der Waals surface area contributed by atoms with Crippen molar-refractivity contribution in [3.8, 4) is 0 Å². The molecule has 1 fully saturated rings. The van der Waals surface area contributed by atoms with E-state index in [0.29, 0.717) is 11.1 Å². The molecule has 1 aliphatic heterocycles. The Morgan fingerprint density at radius 3 is 2.87 bits per heavy atom. The van der Waals surface area contributed by atoms with Crippen molar-refractivity contribution in [1.82, 2.24) is 30.2 Å². The fourth-order valence-corrected chi connectivity index (χ4v) is 3.19. The summed E-state index contributed by atoms with van der Waals surface area (Å²) in [6.45, 7) is 1.86. The SMILES string of the molecule is Cn1c(SCc2nc(C(F)(F)F)no2)nnc1[C@@H]1CCCNC1. The molecule has 0 unspecified atom stereocenters. The van der Waals surface area contributed by atoms with Gasteiger partial charge in [0, 0.05) is 19.5 Å². The summed E-state index contributed by atoms with van der Waals surface area (Å²) in [4.78, 5) is 3.33. The van der Waals surface area contributed by atoms with Crippen LogP contribution in [0.5, 0.6) is 0 Å². The average molecular weight is 348 g/mol. The van der Waals surface area contributed by atoms with Crippen molar-refractivity contribution in [1.29, 1.82) is 0 Å². The van der Waals surface area contributed by atoms with Gasteiger partial charge in [-0.15, -0.1) is 10.2 Å². The standard InChI is InChI=1S/C12H15F3N6OS/c1-21-9(7-3-2-4-16-5-7)18-19-11(21)23-6-8-17-10(20-22-8)12(13,14)15/h7,16H,2-6H2,1H3/t7-/m1/s1. The van der Waals surface area contributed by atoms with Gasteiger partial charge in [-0.05, 0) is 19.4 Å². The fourth-order valence-electron chi connectivity index (χ4n) is 2.43. The molecule has 23 heavy (non-hydrogen) atoms. The molecule has 0 spiro atoms. The van der Waals surface area contributed by atoms with Gasteiger partial charge in [0.15, 0.2) is 5.16 Å². The van der Waals surface area contributed by atoms with Crippen LogP contribution in [0.25, 0.3) is 0 Å². The molecule has 0 bridgehead atoms. The van der Waals surface area contributed by atoms with Crippen molar-refractivity contribution in [2.24, 2.45) is 7.05 Å². The molecule has 0 aromatic carbocycles. The average Bonchev–Trinajstić information content (AvgIpc) is 3.13. The molecule has 1 saturated heterocycles. The summed E-state index contributed by atoms with van der Waals surface area (Å²) < 4.78 is 43.7. The molecule has 0 radical (unpaired) electrons. The third kappa shape index (κ3) is 3.66. The van der Waals surface area contributed by atoms with Gasteiger partial charge in [-0.25, -0.2) is 0 Å². The fraction of sp³-hybridized carbons (Fsp3) is 0.667. The maximum atomic E-state index is 12.4. The highest BCUT2D eigenvalue weighted by Gasteiger charge is 2.37. The number of nitrogens with one attached hydrogen (secondary N) is 1. The number of hydrogen-bond acceptors (Lipinski definition) is 7. The second-order valence-corrected chi connectivity index (χ2v) is 6.18. The van der Waals surface area contributed by atoms with Crippen LogP contribution in [0.15, 0.2) is 9.68 Å². The Kier molecular flexibility index (Phi) is 4.57. The van der Waals surface area contributed by atoms with Crippen LogP contribution in [0.3, 0.4) is 0 Å². The highest BCUT2D eigenvalue weighted by molar-refractivity contribution is 7.98. The van der Waals surface area contributed by atoms with E-state index in [0.717, 1.165) is 31.8 Å². The van der Waals surface area contributed by atoms with Gasteiger partial charge in [0.05, 0.1) is 5.75 Å². The van der Waals surface area contributed by atoms with E-state index in [9.17, 15) is 13.2 Å². The van der Waals surface area contributed by atoms with Crippen LogP contribution in [-0.2, 0) is 19.0 Å². The minimum absolute atomic E-state index is 0.0915. The number of halogens is 3. The smallest absolute Gasteiger partial charge is 0.338 e. The van der Waals surface area contributed by atoms with Crippen LogP contribution in [0.1, 0.15) is 36.3 Å². The zero-order chi connectivity index (χ0) is 16.4. The van der Waals surface area contributed by atoms with Crippen LogP contribution >= 0.6 is 11.8 Å². The van der Waals surface area contributed by atoms with Gasteiger partial charge in [-0.1, -0.05) is 16.9 Å². The van der Waals surface area contributed by atoms with Crippen LogP contribution in [0, 0.1) is 0 Å². The van der Waals surface area contributed by atoms with E-state index < -0.39 is 12.0 Å². The summed E-state index contributed by atoms with van der Waals surface area (Å²) in [5, 5.41) is 15.1. The largest absolute Gasteiger partial charge is 0.455 e. The summed E-state index contributed by atoms with van der Waals surface area (Å²) in [6.07, 6.45) is -2.47. The Morgan fingerprint density at radius 1 is 1.39 bits per heavy atom. The summed E-state index contributed by atoms with van der Waals surface area (Å²) in [7, 11) is 1.85. The summed E-state index contributed by atoms with van der Waals surface area (Å²) >= 11 is 1.21. The predicted molar refractivity (Wildman–Crippen MR) is 74.7 cm³/mol. The quantitative estimate of drug-likeness (QED) is 0.846. The molecule has 7 nitrogen and oxygen atoms in total. The number of thioether (sulfide) groups is 1. The van der Waals surface area contributed by atoms with Gasteiger partial charge in [0.25, 0.3) is 5.82 Å². The first-order valence-electron chi connectivity index (χ1n) is 7.07. The molecular formula is C12H15F3N6OS. The molecule has 11 heteroatoms. The summed E-state index contributed by atoms with van der Waals surface area (Å²) in [5.41, 5.74) is 0. The Labute approximate surface area is 134 Å². The molecular weight excluding hydrogens is 333 g/mol. The molecule has 126 valence electrons. The second-order valence-electron chi connectivity index (χ2n) is 5.24. The van der Waals surface area contributed by atoms with Gasteiger partial charge >= 0.3 is 6.18 Å². The van der Waals surface area contributed by atoms with Gasteiger partial charge in [0.2, 0.25) is 5.89 Å². The third-order valence-electron chi connectivity index (χ3n) is 3.58. The Bertz CT molecular complexity index is 664. The van der Waals surface area contributed by atoms with E-state index >= 15 is 0 Å². The molecule has 2 aromatic rings. The molecule has 0 amide bonds. The maximum Gasteiger partial charge on any atom is 0.455 e. The van der Waals surface area contributed by atoms with Crippen LogP contribution < -0.4 is 5.32 Å². The number of rotatable bonds is 4. The van der Waals surface area contributed by atoms with Crippen LogP contribution in [0.2, 0.25) is 0 Å². The predicted octanol–water partition coefficient (Wildman–Crippen LogP) is 1.98. The van der Waals surface area contributed by atoms with E-state index in [4.69, 9.17) is 0 Å². The molecule has 1 atom stereocenters. The molecule has 1 N–H and O–H groups in total. The van der Waals surface area contributed by atoms with E-state index in [1.54, 1.807) is 0 Å². The molecule has 0 saturated carbocycles. The van der Waals surface area contributed by atoms with Gasteiger partial charge in [-0.3, -0.25) is 0 Å². The summed E-state index contributed by atoms with van der Waals surface area (Å²) in [6, 6.07) is 0. The van der Waals surface area contributed by atoms with Gasteiger partial charge < -0.3 is 14.4 Å². The number of aromatic nitrogens is 5. The molecule has 3 heterocycles. The first-order valence-corrected chi connectivity index (χ1v) is 8.06. The van der Waals surface area contributed by atoms with E-state index in [1.807, 2.05) is 11.6 Å². The van der Waals surface area contributed by atoms with Crippen LogP contribution in [-0.4, -0.2) is 38.0 Å².